The number of nitrogens with one attached hydrogen (secondary N) is 2. The summed E-state index contributed by atoms with van der Waals surface area (Å²) in [4.78, 5) is -0.0549. The number of sulfonamides is 2. The SMILES string of the molecule is O=S(=O)(Nc1ccc(Cl)c(Cl)c1)c1ccc(NS(=O)(=O)c2ccc(Cl)s2)cc1. The summed E-state index contributed by atoms with van der Waals surface area (Å²) < 4.78 is 54.7. The lowest BCUT2D eigenvalue weighted by atomic mass is 10.3. The number of hydrogen-bond donors (Lipinski definition) is 2. The highest BCUT2D eigenvalue weighted by Gasteiger charge is 2.18. The number of rotatable bonds is 6. The van der Waals surface area contributed by atoms with E-state index in [0.29, 0.717) is 9.36 Å². The van der Waals surface area contributed by atoms with Crippen molar-refractivity contribution in [2.45, 2.75) is 9.10 Å². The van der Waals surface area contributed by atoms with Gasteiger partial charge in [0.15, 0.2) is 0 Å². The maximum atomic E-state index is 12.5. The lowest BCUT2D eigenvalue weighted by Gasteiger charge is -2.10. The minimum Gasteiger partial charge on any atom is -0.280 e. The molecule has 0 aliphatic rings. The van der Waals surface area contributed by atoms with Gasteiger partial charge in [0.1, 0.15) is 4.21 Å². The Bertz CT molecular complexity index is 1220. The largest absolute Gasteiger partial charge is 0.280 e. The van der Waals surface area contributed by atoms with Crippen molar-refractivity contribution in [3.8, 4) is 0 Å². The molecule has 0 fully saturated rings. The molecule has 0 radical (unpaired) electrons. The molecule has 6 nitrogen and oxygen atoms in total. The van der Waals surface area contributed by atoms with Crippen LogP contribution < -0.4 is 9.44 Å². The fraction of sp³-hybridized carbons (Fsp3) is 0. The zero-order valence-electron chi connectivity index (χ0n) is 13.7. The van der Waals surface area contributed by atoms with Crippen LogP contribution in [0, 0.1) is 0 Å². The van der Waals surface area contributed by atoms with Crippen LogP contribution in [-0.4, -0.2) is 16.8 Å². The minimum absolute atomic E-state index is 0.0514. The molecule has 0 saturated heterocycles. The van der Waals surface area contributed by atoms with Gasteiger partial charge in [0, 0.05) is 5.69 Å². The maximum absolute atomic E-state index is 12.5. The molecular weight excluding hydrogens is 487 g/mol. The number of thiophene rings is 1. The average molecular weight is 498 g/mol. The highest BCUT2D eigenvalue weighted by Crippen LogP contribution is 2.29. The van der Waals surface area contributed by atoms with Crippen LogP contribution >= 0.6 is 46.1 Å². The van der Waals surface area contributed by atoms with Gasteiger partial charge in [0.2, 0.25) is 0 Å². The summed E-state index contributed by atoms with van der Waals surface area (Å²) >= 11 is 18.4. The van der Waals surface area contributed by atoms with Gasteiger partial charge in [-0.1, -0.05) is 34.8 Å². The third-order valence-corrected chi connectivity index (χ3v) is 8.64. The van der Waals surface area contributed by atoms with Crippen molar-refractivity contribution in [1.82, 2.24) is 0 Å². The summed E-state index contributed by atoms with van der Waals surface area (Å²) in [5, 5.41) is 0.508. The van der Waals surface area contributed by atoms with E-state index >= 15 is 0 Å². The second kappa shape index (κ2) is 8.10. The van der Waals surface area contributed by atoms with E-state index in [0.717, 1.165) is 11.3 Å². The summed E-state index contributed by atoms with van der Waals surface area (Å²) in [5.74, 6) is 0. The van der Waals surface area contributed by atoms with Gasteiger partial charge in [0.05, 0.1) is 25.0 Å². The Morgan fingerprint density at radius 2 is 1.29 bits per heavy atom. The highest BCUT2D eigenvalue weighted by molar-refractivity contribution is 7.94. The zero-order valence-corrected chi connectivity index (χ0v) is 18.4. The van der Waals surface area contributed by atoms with Gasteiger partial charge in [-0.3, -0.25) is 9.44 Å². The van der Waals surface area contributed by atoms with Crippen LogP contribution in [-0.2, 0) is 20.0 Å². The van der Waals surface area contributed by atoms with Crippen LogP contribution in [0.4, 0.5) is 11.4 Å². The molecule has 0 bridgehead atoms. The average Bonchev–Trinajstić information content (AvgIpc) is 3.06. The Kier molecular flexibility index (Phi) is 6.14. The van der Waals surface area contributed by atoms with E-state index in [9.17, 15) is 16.8 Å². The molecule has 0 spiro atoms. The molecular formula is C16H11Cl3N2O4S3. The van der Waals surface area contributed by atoms with E-state index < -0.39 is 20.0 Å². The van der Waals surface area contributed by atoms with Crippen LogP contribution in [0.25, 0.3) is 0 Å². The molecule has 0 saturated carbocycles. The van der Waals surface area contributed by atoms with Gasteiger partial charge in [0.25, 0.3) is 20.0 Å². The smallest absolute Gasteiger partial charge is 0.271 e. The summed E-state index contributed by atoms with van der Waals surface area (Å²) in [7, 11) is -7.70. The van der Waals surface area contributed by atoms with E-state index in [1.165, 1.54) is 54.6 Å². The molecule has 2 aromatic carbocycles. The zero-order chi connectivity index (χ0) is 20.5. The summed E-state index contributed by atoms with van der Waals surface area (Å²) in [5.41, 5.74) is 0.451. The lowest BCUT2D eigenvalue weighted by Crippen LogP contribution is -2.14. The van der Waals surface area contributed by atoms with Crippen molar-refractivity contribution in [3.05, 3.63) is 69.0 Å². The first-order chi connectivity index (χ1) is 13.1. The number of anilines is 2. The fourth-order valence-corrected chi connectivity index (χ4v) is 6.01. The van der Waals surface area contributed by atoms with E-state index in [2.05, 4.69) is 9.44 Å². The van der Waals surface area contributed by atoms with E-state index in [-0.39, 0.29) is 25.5 Å². The van der Waals surface area contributed by atoms with Crippen LogP contribution in [0.1, 0.15) is 0 Å². The van der Waals surface area contributed by atoms with Crippen molar-refractivity contribution < 1.29 is 16.8 Å². The predicted molar refractivity (Wildman–Crippen MR) is 114 cm³/mol. The van der Waals surface area contributed by atoms with Crippen LogP contribution in [0.3, 0.4) is 0 Å². The van der Waals surface area contributed by atoms with Crippen LogP contribution in [0.5, 0.6) is 0 Å². The summed E-state index contributed by atoms with van der Waals surface area (Å²) in [6.45, 7) is 0. The topological polar surface area (TPSA) is 92.3 Å². The molecule has 0 amide bonds. The van der Waals surface area contributed by atoms with Gasteiger partial charge in [-0.15, -0.1) is 11.3 Å². The number of benzene rings is 2. The van der Waals surface area contributed by atoms with E-state index in [1.807, 2.05) is 0 Å². The summed E-state index contributed by atoms with van der Waals surface area (Å²) in [6, 6.07) is 12.4. The molecule has 28 heavy (non-hydrogen) atoms. The van der Waals surface area contributed by atoms with Crippen molar-refractivity contribution in [3.63, 3.8) is 0 Å². The van der Waals surface area contributed by atoms with Crippen LogP contribution in [0.2, 0.25) is 14.4 Å². The van der Waals surface area contributed by atoms with Gasteiger partial charge >= 0.3 is 0 Å². The molecule has 0 atom stereocenters. The van der Waals surface area contributed by atoms with Gasteiger partial charge < -0.3 is 0 Å². The molecule has 3 aromatic rings. The Balaban J connectivity index is 1.78. The Morgan fingerprint density at radius 3 is 1.86 bits per heavy atom. The van der Waals surface area contributed by atoms with Crippen molar-refractivity contribution in [1.29, 1.82) is 0 Å². The molecule has 148 valence electrons. The lowest BCUT2D eigenvalue weighted by molar-refractivity contribution is 0.600. The van der Waals surface area contributed by atoms with Crippen molar-refractivity contribution >= 4 is 77.6 Å². The monoisotopic (exact) mass is 496 g/mol. The molecule has 2 N–H and O–H groups in total. The van der Waals surface area contributed by atoms with Gasteiger partial charge in [-0.05, 0) is 54.6 Å². The fourth-order valence-electron chi connectivity index (χ4n) is 2.12. The highest BCUT2D eigenvalue weighted by atomic mass is 35.5. The second-order valence-corrected chi connectivity index (χ2v) is 11.5. The molecule has 3 rings (SSSR count). The van der Waals surface area contributed by atoms with E-state index in [4.69, 9.17) is 34.8 Å². The third kappa shape index (κ3) is 4.91. The van der Waals surface area contributed by atoms with Crippen molar-refractivity contribution in [2.75, 3.05) is 9.44 Å². The van der Waals surface area contributed by atoms with Gasteiger partial charge in [-0.2, -0.15) is 0 Å². The standard InChI is InChI=1S/C16H11Cl3N2O4S3/c17-13-6-3-11(9-14(13)18)21-27(22,23)12-4-1-10(2-5-12)20-28(24,25)16-8-7-15(19)26-16/h1-9,20-21H. The molecule has 1 aromatic heterocycles. The molecule has 0 aliphatic carbocycles. The minimum atomic E-state index is -3.90. The molecule has 0 unspecified atom stereocenters. The Hall–Kier alpha value is -1.49. The van der Waals surface area contributed by atoms with Crippen molar-refractivity contribution in [2.24, 2.45) is 0 Å². The summed E-state index contributed by atoms with van der Waals surface area (Å²) in [6.07, 6.45) is 0. The van der Waals surface area contributed by atoms with Gasteiger partial charge in [-0.25, -0.2) is 16.8 Å². The van der Waals surface area contributed by atoms with Crippen LogP contribution in [0.15, 0.2) is 63.7 Å². The quantitative estimate of drug-likeness (QED) is 0.483. The molecule has 0 aliphatic heterocycles. The third-order valence-electron chi connectivity index (χ3n) is 3.40. The Morgan fingerprint density at radius 1 is 0.679 bits per heavy atom. The second-order valence-electron chi connectivity index (χ2n) is 5.42. The first-order valence-electron chi connectivity index (χ1n) is 7.43. The molecule has 12 heteroatoms. The van der Waals surface area contributed by atoms with E-state index in [1.54, 1.807) is 0 Å². The number of halogens is 3. The molecule has 1 heterocycles. The first kappa shape index (κ1) is 21.2. The predicted octanol–water partition coefficient (Wildman–Crippen LogP) is 5.31. The Labute approximate surface area is 181 Å². The maximum Gasteiger partial charge on any atom is 0.271 e. The first-order valence-corrected chi connectivity index (χ1v) is 12.3. The number of hydrogen-bond acceptors (Lipinski definition) is 5. The normalized spacial score (nSPS) is 12.0.